The molecule has 0 unspecified atom stereocenters. The molecule has 1 aliphatic heterocycles. The van der Waals surface area contributed by atoms with Crippen molar-refractivity contribution in [2.75, 3.05) is 26.2 Å². The Morgan fingerprint density at radius 1 is 0.913 bits per heavy atom. The Kier molecular flexibility index (Phi) is 5.31. The molecule has 1 saturated heterocycles. The van der Waals surface area contributed by atoms with Crippen LogP contribution in [0.4, 0.5) is 0 Å². The summed E-state index contributed by atoms with van der Waals surface area (Å²) in [5.74, 6) is 2.34. The summed E-state index contributed by atoms with van der Waals surface area (Å²) in [4.78, 5) is 2.48. The lowest BCUT2D eigenvalue weighted by Gasteiger charge is -2.27. The van der Waals surface area contributed by atoms with Crippen LogP contribution >= 0.6 is 0 Å². The minimum atomic E-state index is 0.549. The Morgan fingerprint density at radius 2 is 1.48 bits per heavy atom. The van der Waals surface area contributed by atoms with Gasteiger partial charge in [-0.25, -0.2) is 0 Å². The second-order valence-electron chi connectivity index (χ2n) is 6.50. The molecule has 0 radical (unpaired) electrons. The van der Waals surface area contributed by atoms with Crippen LogP contribution < -0.4 is 10.1 Å². The molecule has 3 nitrogen and oxygen atoms in total. The molecule has 1 heterocycles. The van der Waals surface area contributed by atoms with Crippen LogP contribution in [-0.2, 0) is 6.54 Å². The number of ether oxygens (including phenoxy) is 1. The maximum absolute atomic E-state index is 5.93. The maximum atomic E-state index is 5.93. The van der Waals surface area contributed by atoms with Gasteiger partial charge in [0.05, 0.1) is 0 Å². The molecule has 1 aliphatic rings. The summed E-state index contributed by atoms with van der Waals surface area (Å²) >= 11 is 0. The molecule has 0 amide bonds. The van der Waals surface area contributed by atoms with E-state index in [0.29, 0.717) is 5.92 Å². The number of hydrogen-bond donors (Lipinski definition) is 1. The van der Waals surface area contributed by atoms with E-state index in [4.69, 9.17) is 4.74 Å². The van der Waals surface area contributed by atoms with Crippen molar-refractivity contribution in [2.24, 2.45) is 0 Å². The van der Waals surface area contributed by atoms with Crippen molar-refractivity contribution in [3.63, 3.8) is 0 Å². The molecular formula is C20H26N2O. The standard InChI is InChI=1S/C20H26N2O/c1-16(2)18-5-9-20(10-6-18)23-19-7-3-17(4-8-19)15-22-13-11-21-12-14-22/h3-10,16,21H,11-15H2,1-2H3. The lowest BCUT2D eigenvalue weighted by atomic mass is 10.0. The first-order chi connectivity index (χ1) is 11.2. The lowest BCUT2D eigenvalue weighted by Crippen LogP contribution is -2.42. The number of benzene rings is 2. The van der Waals surface area contributed by atoms with Gasteiger partial charge in [-0.05, 0) is 41.3 Å². The number of rotatable bonds is 5. The highest BCUT2D eigenvalue weighted by atomic mass is 16.5. The van der Waals surface area contributed by atoms with E-state index >= 15 is 0 Å². The first kappa shape index (κ1) is 16.0. The molecule has 2 aromatic rings. The van der Waals surface area contributed by atoms with Crippen LogP contribution in [0.3, 0.4) is 0 Å². The van der Waals surface area contributed by atoms with Crippen LogP contribution in [0.25, 0.3) is 0 Å². The lowest BCUT2D eigenvalue weighted by molar-refractivity contribution is 0.233. The molecule has 0 atom stereocenters. The Hall–Kier alpha value is -1.84. The third-order valence-corrected chi connectivity index (χ3v) is 4.32. The largest absolute Gasteiger partial charge is 0.457 e. The van der Waals surface area contributed by atoms with Gasteiger partial charge in [0, 0.05) is 32.7 Å². The van der Waals surface area contributed by atoms with Crippen LogP contribution in [0, 0.1) is 0 Å². The molecule has 0 aliphatic carbocycles. The minimum absolute atomic E-state index is 0.549. The second-order valence-corrected chi connectivity index (χ2v) is 6.50. The fourth-order valence-corrected chi connectivity index (χ4v) is 2.85. The smallest absolute Gasteiger partial charge is 0.127 e. The summed E-state index contributed by atoms with van der Waals surface area (Å²) in [6, 6.07) is 16.8. The summed E-state index contributed by atoms with van der Waals surface area (Å²) in [5, 5.41) is 3.39. The van der Waals surface area contributed by atoms with Gasteiger partial charge >= 0.3 is 0 Å². The minimum Gasteiger partial charge on any atom is -0.457 e. The van der Waals surface area contributed by atoms with Crippen molar-refractivity contribution in [3.05, 3.63) is 59.7 Å². The molecule has 0 bridgehead atoms. The van der Waals surface area contributed by atoms with Crippen molar-refractivity contribution < 1.29 is 4.74 Å². The highest BCUT2D eigenvalue weighted by Crippen LogP contribution is 2.24. The van der Waals surface area contributed by atoms with Crippen LogP contribution in [0.5, 0.6) is 11.5 Å². The Labute approximate surface area is 139 Å². The predicted octanol–water partition coefficient (Wildman–Crippen LogP) is 4.01. The van der Waals surface area contributed by atoms with Crippen LogP contribution in [0.2, 0.25) is 0 Å². The molecular weight excluding hydrogens is 284 g/mol. The summed E-state index contributed by atoms with van der Waals surface area (Å²) < 4.78 is 5.93. The van der Waals surface area contributed by atoms with E-state index in [1.807, 2.05) is 12.1 Å². The van der Waals surface area contributed by atoms with Crippen LogP contribution in [0.1, 0.15) is 30.9 Å². The molecule has 3 heteroatoms. The van der Waals surface area contributed by atoms with Crippen molar-refractivity contribution in [2.45, 2.75) is 26.3 Å². The highest BCUT2D eigenvalue weighted by Gasteiger charge is 2.09. The van der Waals surface area contributed by atoms with Gasteiger partial charge in [-0.3, -0.25) is 4.90 Å². The molecule has 1 N–H and O–H groups in total. The predicted molar refractivity (Wildman–Crippen MR) is 95.2 cm³/mol. The summed E-state index contributed by atoms with van der Waals surface area (Å²) in [7, 11) is 0. The van der Waals surface area contributed by atoms with E-state index in [0.717, 1.165) is 44.2 Å². The topological polar surface area (TPSA) is 24.5 Å². The van der Waals surface area contributed by atoms with Gasteiger partial charge < -0.3 is 10.1 Å². The number of hydrogen-bond acceptors (Lipinski definition) is 3. The first-order valence-corrected chi connectivity index (χ1v) is 8.50. The van der Waals surface area contributed by atoms with Gasteiger partial charge in [0.15, 0.2) is 0 Å². The van der Waals surface area contributed by atoms with Crippen LogP contribution in [-0.4, -0.2) is 31.1 Å². The molecule has 0 spiro atoms. The fraction of sp³-hybridized carbons (Fsp3) is 0.400. The Balaban J connectivity index is 1.58. The zero-order valence-electron chi connectivity index (χ0n) is 14.1. The molecule has 3 rings (SSSR count). The number of nitrogens with one attached hydrogen (secondary N) is 1. The third kappa shape index (κ3) is 4.57. The maximum Gasteiger partial charge on any atom is 0.127 e. The summed E-state index contributed by atoms with van der Waals surface area (Å²) in [5.41, 5.74) is 2.68. The molecule has 0 saturated carbocycles. The van der Waals surface area contributed by atoms with Gasteiger partial charge in [-0.2, -0.15) is 0 Å². The van der Waals surface area contributed by atoms with E-state index in [-0.39, 0.29) is 0 Å². The highest BCUT2D eigenvalue weighted by molar-refractivity contribution is 5.35. The zero-order chi connectivity index (χ0) is 16.1. The summed E-state index contributed by atoms with van der Waals surface area (Å²) in [6.07, 6.45) is 0. The van der Waals surface area contributed by atoms with Gasteiger partial charge in [0.25, 0.3) is 0 Å². The zero-order valence-corrected chi connectivity index (χ0v) is 14.1. The molecule has 1 fully saturated rings. The van der Waals surface area contributed by atoms with Crippen molar-refractivity contribution in [1.82, 2.24) is 10.2 Å². The second kappa shape index (κ2) is 7.62. The van der Waals surface area contributed by atoms with Crippen molar-refractivity contribution in [3.8, 4) is 11.5 Å². The Bertz CT molecular complexity index is 599. The average Bonchev–Trinajstić information content (AvgIpc) is 2.58. The molecule has 122 valence electrons. The summed E-state index contributed by atoms with van der Waals surface area (Å²) in [6.45, 7) is 9.85. The average molecular weight is 310 g/mol. The van der Waals surface area contributed by atoms with E-state index in [1.165, 1.54) is 11.1 Å². The quantitative estimate of drug-likeness (QED) is 0.903. The molecule has 2 aromatic carbocycles. The monoisotopic (exact) mass is 310 g/mol. The fourth-order valence-electron chi connectivity index (χ4n) is 2.85. The third-order valence-electron chi connectivity index (χ3n) is 4.32. The van der Waals surface area contributed by atoms with E-state index < -0.39 is 0 Å². The van der Waals surface area contributed by atoms with Gasteiger partial charge in [0.1, 0.15) is 11.5 Å². The van der Waals surface area contributed by atoms with Gasteiger partial charge in [-0.15, -0.1) is 0 Å². The van der Waals surface area contributed by atoms with E-state index in [2.05, 4.69) is 60.5 Å². The number of nitrogens with zero attached hydrogens (tertiary/aromatic N) is 1. The molecule has 23 heavy (non-hydrogen) atoms. The van der Waals surface area contributed by atoms with Crippen molar-refractivity contribution >= 4 is 0 Å². The first-order valence-electron chi connectivity index (χ1n) is 8.50. The van der Waals surface area contributed by atoms with E-state index in [1.54, 1.807) is 0 Å². The van der Waals surface area contributed by atoms with E-state index in [9.17, 15) is 0 Å². The SMILES string of the molecule is CC(C)c1ccc(Oc2ccc(CN3CCNCC3)cc2)cc1. The van der Waals surface area contributed by atoms with Gasteiger partial charge in [-0.1, -0.05) is 38.1 Å². The Morgan fingerprint density at radius 3 is 2.04 bits per heavy atom. The molecule has 0 aromatic heterocycles. The van der Waals surface area contributed by atoms with Crippen LogP contribution in [0.15, 0.2) is 48.5 Å². The normalized spacial score (nSPS) is 15.8. The number of piperazine rings is 1. The van der Waals surface area contributed by atoms with Crippen molar-refractivity contribution in [1.29, 1.82) is 0 Å². The van der Waals surface area contributed by atoms with Gasteiger partial charge in [0.2, 0.25) is 0 Å².